The van der Waals surface area contributed by atoms with Crippen molar-refractivity contribution in [3.8, 4) is 0 Å². The SMILES string of the molecule is NCC(=O)NCc1cn(CCC2CC2)nn1. The minimum absolute atomic E-state index is 0.00974. The zero-order valence-corrected chi connectivity index (χ0v) is 9.22. The average molecular weight is 223 g/mol. The Morgan fingerprint density at radius 2 is 2.44 bits per heavy atom. The summed E-state index contributed by atoms with van der Waals surface area (Å²) in [7, 11) is 0. The van der Waals surface area contributed by atoms with Crippen LogP contribution < -0.4 is 11.1 Å². The van der Waals surface area contributed by atoms with E-state index in [0.717, 1.165) is 18.2 Å². The number of hydrogen-bond donors (Lipinski definition) is 2. The molecule has 0 aromatic carbocycles. The molecule has 1 amide bonds. The van der Waals surface area contributed by atoms with Crippen molar-refractivity contribution in [3.05, 3.63) is 11.9 Å². The lowest BCUT2D eigenvalue weighted by atomic mass is 10.3. The Balaban J connectivity index is 1.74. The zero-order valence-electron chi connectivity index (χ0n) is 9.22. The van der Waals surface area contributed by atoms with Crippen molar-refractivity contribution in [2.24, 2.45) is 11.7 Å². The van der Waals surface area contributed by atoms with Crippen LogP contribution in [0.4, 0.5) is 0 Å². The van der Waals surface area contributed by atoms with Crippen LogP contribution in [0.1, 0.15) is 25.0 Å². The molecule has 0 unspecified atom stereocenters. The summed E-state index contributed by atoms with van der Waals surface area (Å²) in [4.78, 5) is 10.9. The second-order valence-corrected chi connectivity index (χ2v) is 4.19. The van der Waals surface area contributed by atoms with Crippen LogP contribution in [0, 0.1) is 5.92 Å². The second-order valence-electron chi connectivity index (χ2n) is 4.19. The molecule has 1 fully saturated rings. The summed E-state index contributed by atoms with van der Waals surface area (Å²) in [5.41, 5.74) is 5.95. The molecule has 3 N–H and O–H groups in total. The zero-order chi connectivity index (χ0) is 11.4. The third-order valence-corrected chi connectivity index (χ3v) is 2.70. The van der Waals surface area contributed by atoms with Gasteiger partial charge in [-0.2, -0.15) is 0 Å². The summed E-state index contributed by atoms with van der Waals surface area (Å²) in [6.07, 6.45) is 5.76. The molecule has 0 saturated heterocycles. The first kappa shape index (κ1) is 11.1. The maximum Gasteiger partial charge on any atom is 0.234 e. The van der Waals surface area contributed by atoms with Gasteiger partial charge in [-0.15, -0.1) is 5.10 Å². The molecule has 0 bridgehead atoms. The average Bonchev–Trinajstić information content (AvgIpc) is 3.02. The number of carbonyl (C=O) groups excluding carboxylic acids is 1. The van der Waals surface area contributed by atoms with E-state index in [2.05, 4.69) is 15.6 Å². The highest BCUT2D eigenvalue weighted by molar-refractivity contribution is 5.77. The van der Waals surface area contributed by atoms with E-state index in [4.69, 9.17) is 5.73 Å². The van der Waals surface area contributed by atoms with Gasteiger partial charge in [0.15, 0.2) is 0 Å². The number of nitrogens with one attached hydrogen (secondary N) is 1. The van der Waals surface area contributed by atoms with Gasteiger partial charge in [0.25, 0.3) is 0 Å². The summed E-state index contributed by atoms with van der Waals surface area (Å²) in [6.45, 7) is 1.33. The Morgan fingerprint density at radius 3 is 3.12 bits per heavy atom. The van der Waals surface area contributed by atoms with Crippen LogP contribution in [0.25, 0.3) is 0 Å². The predicted octanol–water partition coefficient (Wildman–Crippen LogP) is -0.347. The van der Waals surface area contributed by atoms with Gasteiger partial charge in [-0.25, -0.2) is 0 Å². The molecule has 6 nitrogen and oxygen atoms in total. The fourth-order valence-electron chi connectivity index (χ4n) is 1.51. The largest absolute Gasteiger partial charge is 0.349 e. The molecule has 2 rings (SSSR count). The van der Waals surface area contributed by atoms with E-state index in [9.17, 15) is 4.79 Å². The molecule has 0 spiro atoms. The van der Waals surface area contributed by atoms with E-state index < -0.39 is 0 Å². The topological polar surface area (TPSA) is 85.8 Å². The number of nitrogens with zero attached hydrogens (tertiary/aromatic N) is 3. The molecule has 16 heavy (non-hydrogen) atoms. The Bertz CT molecular complexity index is 358. The van der Waals surface area contributed by atoms with Gasteiger partial charge in [-0.05, 0) is 12.3 Å². The Hall–Kier alpha value is -1.43. The maximum absolute atomic E-state index is 10.9. The van der Waals surface area contributed by atoms with Crippen molar-refractivity contribution in [2.45, 2.75) is 32.4 Å². The van der Waals surface area contributed by atoms with E-state index in [1.54, 1.807) is 0 Å². The Labute approximate surface area is 94.2 Å². The molecular weight excluding hydrogens is 206 g/mol. The Kier molecular flexibility index (Phi) is 3.51. The van der Waals surface area contributed by atoms with Crippen molar-refractivity contribution in [3.63, 3.8) is 0 Å². The lowest BCUT2D eigenvalue weighted by molar-refractivity contribution is -0.119. The number of aromatic nitrogens is 3. The monoisotopic (exact) mass is 223 g/mol. The first-order valence-corrected chi connectivity index (χ1v) is 5.63. The van der Waals surface area contributed by atoms with E-state index in [0.29, 0.717) is 6.54 Å². The van der Waals surface area contributed by atoms with Crippen molar-refractivity contribution in [2.75, 3.05) is 6.54 Å². The van der Waals surface area contributed by atoms with Crippen molar-refractivity contribution >= 4 is 5.91 Å². The van der Waals surface area contributed by atoms with Crippen LogP contribution in [0.15, 0.2) is 6.20 Å². The van der Waals surface area contributed by atoms with Gasteiger partial charge in [0.2, 0.25) is 5.91 Å². The molecule has 1 saturated carbocycles. The van der Waals surface area contributed by atoms with Crippen molar-refractivity contribution < 1.29 is 4.79 Å². The van der Waals surface area contributed by atoms with Crippen LogP contribution in [0.5, 0.6) is 0 Å². The van der Waals surface area contributed by atoms with Gasteiger partial charge < -0.3 is 11.1 Å². The first-order chi connectivity index (χ1) is 7.78. The molecule has 1 heterocycles. The van der Waals surface area contributed by atoms with Crippen molar-refractivity contribution in [1.82, 2.24) is 20.3 Å². The molecule has 0 aliphatic heterocycles. The van der Waals surface area contributed by atoms with Crippen molar-refractivity contribution in [1.29, 1.82) is 0 Å². The number of rotatable bonds is 6. The van der Waals surface area contributed by atoms with E-state index in [-0.39, 0.29) is 12.5 Å². The van der Waals surface area contributed by atoms with E-state index >= 15 is 0 Å². The summed E-state index contributed by atoms with van der Waals surface area (Å²) < 4.78 is 1.84. The molecule has 0 radical (unpaired) electrons. The summed E-state index contributed by atoms with van der Waals surface area (Å²) >= 11 is 0. The van der Waals surface area contributed by atoms with Gasteiger partial charge >= 0.3 is 0 Å². The number of amides is 1. The number of aryl methyl sites for hydroxylation is 1. The molecule has 88 valence electrons. The fraction of sp³-hybridized carbons (Fsp3) is 0.700. The van der Waals surface area contributed by atoms with Crippen LogP contribution in [-0.2, 0) is 17.9 Å². The third-order valence-electron chi connectivity index (χ3n) is 2.70. The molecule has 1 aliphatic carbocycles. The van der Waals surface area contributed by atoms with Crippen LogP contribution in [0.2, 0.25) is 0 Å². The third kappa shape index (κ3) is 3.30. The fourth-order valence-corrected chi connectivity index (χ4v) is 1.51. The lowest BCUT2D eigenvalue weighted by Gasteiger charge is -1.99. The molecule has 1 aliphatic rings. The molecule has 6 heteroatoms. The van der Waals surface area contributed by atoms with Gasteiger partial charge in [-0.3, -0.25) is 9.48 Å². The van der Waals surface area contributed by atoms with Gasteiger partial charge in [0.1, 0.15) is 5.69 Å². The normalized spacial score (nSPS) is 15.1. The minimum atomic E-state index is -0.174. The standard InChI is InChI=1S/C10H17N5O/c11-5-10(16)12-6-9-7-15(14-13-9)4-3-8-1-2-8/h7-8H,1-6,11H2,(H,12,16). The van der Waals surface area contributed by atoms with Gasteiger partial charge in [0.05, 0.1) is 19.3 Å². The highest BCUT2D eigenvalue weighted by Gasteiger charge is 2.20. The quantitative estimate of drug-likeness (QED) is 0.690. The van der Waals surface area contributed by atoms with Gasteiger partial charge in [-0.1, -0.05) is 18.1 Å². The highest BCUT2D eigenvalue weighted by atomic mass is 16.1. The first-order valence-electron chi connectivity index (χ1n) is 5.63. The summed E-state index contributed by atoms with van der Waals surface area (Å²) in [5, 5.41) is 10.6. The molecule has 1 aromatic heterocycles. The van der Waals surface area contributed by atoms with Crippen LogP contribution >= 0.6 is 0 Å². The summed E-state index contributed by atoms with van der Waals surface area (Å²) in [6, 6.07) is 0. The Morgan fingerprint density at radius 1 is 1.62 bits per heavy atom. The summed E-state index contributed by atoms with van der Waals surface area (Å²) in [5.74, 6) is 0.720. The molecule has 0 atom stereocenters. The number of nitrogens with two attached hydrogens (primary N) is 1. The highest BCUT2D eigenvalue weighted by Crippen LogP contribution is 2.32. The second kappa shape index (κ2) is 5.07. The number of carbonyl (C=O) groups is 1. The van der Waals surface area contributed by atoms with E-state index in [1.807, 2.05) is 10.9 Å². The maximum atomic E-state index is 10.9. The van der Waals surface area contributed by atoms with Crippen LogP contribution in [0.3, 0.4) is 0 Å². The minimum Gasteiger partial charge on any atom is -0.349 e. The number of hydrogen-bond acceptors (Lipinski definition) is 4. The molecule has 1 aromatic rings. The molecular formula is C10H17N5O. The van der Waals surface area contributed by atoms with E-state index in [1.165, 1.54) is 19.3 Å². The lowest BCUT2D eigenvalue weighted by Crippen LogP contribution is -2.29. The van der Waals surface area contributed by atoms with Crippen LogP contribution in [-0.4, -0.2) is 27.4 Å². The smallest absolute Gasteiger partial charge is 0.234 e. The van der Waals surface area contributed by atoms with Gasteiger partial charge in [0, 0.05) is 6.54 Å². The predicted molar refractivity (Wildman–Crippen MR) is 58.3 cm³/mol.